The highest BCUT2D eigenvalue weighted by molar-refractivity contribution is 4.91. The van der Waals surface area contributed by atoms with Gasteiger partial charge in [-0.25, -0.2) is 4.68 Å². The average molecular weight is 209 g/mol. The molecule has 82 valence electrons. The Morgan fingerprint density at radius 2 is 1.93 bits per heavy atom. The maximum atomic E-state index is 11.7. The van der Waals surface area contributed by atoms with Crippen LogP contribution in [0.2, 0.25) is 0 Å². The van der Waals surface area contributed by atoms with Crippen LogP contribution in [0.1, 0.15) is 12.8 Å². The molecule has 0 aliphatic heterocycles. The van der Waals surface area contributed by atoms with Crippen molar-refractivity contribution < 1.29 is 0 Å². The van der Waals surface area contributed by atoms with Crippen molar-refractivity contribution in [2.45, 2.75) is 19.4 Å². The van der Waals surface area contributed by atoms with Crippen LogP contribution in [0, 0.1) is 5.92 Å². The van der Waals surface area contributed by atoms with E-state index in [0.29, 0.717) is 12.5 Å². The van der Waals surface area contributed by atoms with Crippen molar-refractivity contribution in [2.75, 3.05) is 19.1 Å². The first-order valence-corrected chi connectivity index (χ1v) is 5.09. The minimum absolute atomic E-state index is 0.432. The lowest BCUT2D eigenvalue weighted by Gasteiger charge is -2.15. The molecule has 1 aromatic heterocycles. The molecule has 1 heterocycles. The second-order valence-electron chi connectivity index (χ2n) is 4.20. The topological polar surface area (TPSA) is 47.2 Å². The molecule has 0 N–H and O–H groups in total. The Morgan fingerprint density at radius 3 is 2.47 bits per heavy atom. The summed E-state index contributed by atoms with van der Waals surface area (Å²) >= 11 is 0. The van der Waals surface area contributed by atoms with Crippen molar-refractivity contribution >= 4 is 0 Å². The molecule has 0 unspecified atom stereocenters. The van der Waals surface area contributed by atoms with Crippen molar-refractivity contribution in [3.8, 4) is 0 Å². The largest absolute Gasteiger partial charge is 0.334 e. The van der Waals surface area contributed by atoms with Gasteiger partial charge >= 0.3 is 11.1 Å². The summed E-state index contributed by atoms with van der Waals surface area (Å²) in [4.78, 5) is 23.3. The van der Waals surface area contributed by atoms with Crippen LogP contribution in [-0.4, -0.2) is 23.3 Å². The minimum Gasteiger partial charge on any atom is -0.316 e. The first-order valence-electron chi connectivity index (χ1n) is 5.09. The molecule has 15 heavy (non-hydrogen) atoms. The van der Waals surface area contributed by atoms with Crippen molar-refractivity contribution in [1.82, 2.24) is 9.24 Å². The van der Waals surface area contributed by atoms with E-state index in [0.717, 1.165) is 0 Å². The molecular weight excluding hydrogens is 194 g/mol. The Kier molecular flexibility index (Phi) is 2.38. The minimum atomic E-state index is -0.483. The summed E-state index contributed by atoms with van der Waals surface area (Å²) in [5.74, 6) is 0.595. The van der Waals surface area contributed by atoms with E-state index < -0.39 is 11.1 Å². The van der Waals surface area contributed by atoms with Crippen LogP contribution >= 0.6 is 0 Å². The third kappa shape index (κ3) is 1.95. The molecule has 0 aromatic carbocycles. The van der Waals surface area contributed by atoms with Gasteiger partial charge in [-0.1, -0.05) is 0 Å². The van der Waals surface area contributed by atoms with E-state index in [4.69, 9.17) is 0 Å². The summed E-state index contributed by atoms with van der Waals surface area (Å²) in [6.07, 6.45) is 5.65. The van der Waals surface area contributed by atoms with Gasteiger partial charge in [0.25, 0.3) is 0 Å². The normalized spacial score (nSPS) is 15.3. The zero-order valence-electron chi connectivity index (χ0n) is 9.01. The molecule has 5 nitrogen and oxygen atoms in total. The SMILES string of the molecule is CN(C)n1ccn(CC2CC2)c(=O)c1=O. The molecule has 1 aliphatic carbocycles. The molecule has 1 fully saturated rings. The first kappa shape index (κ1) is 10.0. The molecule has 1 saturated carbocycles. The number of hydrogen-bond donors (Lipinski definition) is 0. The van der Waals surface area contributed by atoms with E-state index in [1.165, 1.54) is 22.1 Å². The van der Waals surface area contributed by atoms with E-state index in [1.807, 2.05) is 0 Å². The maximum Gasteiger partial charge on any atom is 0.334 e. The Bertz CT molecular complexity index is 468. The van der Waals surface area contributed by atoms with Crippen molar-refractivity contribution in [2.24, 2.45) is 5.92 Å². The lowest BCUT2D eigenvalue weighted by atomic mass is 10.4. The second-order valence-corrected chi connectivity index (χ2v) is 4.20. The quantitative estimate of drug-likeness (QED) is 0.637. The molecule has 5 heteroatoms. The summed E-state index contributed by atoms with van der Waals surface area (Å²) in [5.41, 5.74) is -0.916. The molecule has 1 aromatic rings. The van der Waals surface area contributed by atoms with Gasteiger partial charge in [-0.2, -0.15) is 0 Å². The summed E-state index contributed by atoms with van der Waals surface area (Å²) < 4.78 is 2.83. The lowest BCUT2D eigenvalue weighted by molar-refractivity contribution is 0.571. The van der Waals surface area contributed by atoms with E-state index in [9.17, 15) is 9.59 Å². The van der Waals surface area contributed by atoms with Crippen LogP contribution in [0.25, 0.3) is 0 Å². The highest BCUT2D eigenvalue weighted by atomic mass is 16.2. The fourth-order valence-electron chi connectivity index (χ4n) is 1.54. The zero-order valence-corrected chi connectivity index (χ0v) is 9.01. The van der Waals surface area contributed by atoms with Crippen molar-refractivity contribution in [1.29, 1.82) is 0 Å². The van der Waals surface area contributed by atoms with Gasteiger partial charge in [0.2, 0.25) is 0 Å². The van der Waals surface area contributed by atoms with Gasteiger partial charge in [0.1, 0.15) is 0 Å². The standard InChI is InChI=1S/C10H15N3O2/c1-11(2)13-6-5-12(7-8-3-4-8)9(14)10(13)15/h5-6,8H,3-4,7H2,1-2H3. The highest BCUT2D eigenvalue weighted by Crippen LogP contribution is 2.29. The van der Waals surface area contributed by atoms with Crippen LogP contribution in [0.15, 0.2) is 22.0 Å². The lowest BCUT2D eigenvalue weighted by Crippen LogP contribution is -2.47. The number of rotatable bonds is 3. The Morgan fingerprint density at radius 1 is 1.27 bits per heavy atom. The van der Waals surface area contributed by atoms with Crippen molar-refractivity contribution in [3.63, 3.8) is 0 Å². The molecule has 0 atom stereocenters. The first-order chi connectivity index (χ1) is 7.09. The molecular formula is C10H15N3O2. The predicted molar refractivity (Wildman–Crippen MR) is 57.8 cm³/mol. The molecule has 1 aliphatic rings. The fraction of sp³-hybridized carbons (Fsp3) is 0.600. The number of aromatic nitrogens is 2. The van der Waals surface area contributed by atoms with Gasteiger partial charge in [-0.15, -0.1) is 0 Å². The van der Waals surface area contributed by atoms with E-state index in [2.05, 4.69) is 0 Å². The highest BCUT2D eigenvalue weighted by Gasteiger charge is 2.22. The van der Waals surface area contributed by atoms with Gasteiger partial charge < -0.3 is 9.58 Å². The van der Waals surface area contributed by atoms with Gasteiger partial charge in [0, 0.05) is 33.0 Å². The van der Waals surface area contributed by atoms with Crippen LogP contribution < -0.4 is 16.1 Å². The fourth-order valence-corrected chi connectivity index (χ4v) is 1.54. The monoisotopic (exact) mass is 209 g/mol. The van der Waals surface area contributed by atoms with E-state index in [1.54, 1.807) is 31.5 Å². The third-order valence-corrected chi connectivity index (χ3v) is 2.62. The summed E-state index contributed by atoms with van der Waals surface area (Å²) in [6.45, 7) is 0.683. The summed E-state index contributed by atoms with van der Waals surface area (Å²) in [5, 5.41) is 1.59. The molecule has 0 saturated heterocycles. The Labute approximate surface area is 87.5 Å². The predicted octanol–water partition coefficient (Wildman–Crippen LogP) is -0.382. The average Bonchev–Trinajstić information content (AvgIpc) is 2.96. The maximum absolute atomic E-state index is 11.7. The second kappa shape index (κ2) is 3.56. The summed E-state index contributed by atoms with van der Waals surface area (Å²) in [6, 6.07) is 0. The number of hydrogen-bond acceptors (Lipinski definition) is 3. The smallest absolute Gasteiger partial charge is 0.316 e. The summed E-state index contributed by atoms with van der Waals surface area (Å²) in [7, 11) is 3.46. The van der Waals surface area contributed by atoms with E-state index in [-0.39, 0.29) is 0 Å². The van der Waals surface area contributed by atoms with Crippen LogP contribution in [0.4, 0.5) is 0 Å². The van der Waals surface area contributed by atoms with Crippen LogP contribution in [0.3, 0.4) is 0 Å². The van der Waals surface area contributed by atoms with Gasteiger partial charge in [-0.3, -0.25) is 9.59 Å². The number of nitrogens with zero attached hydrogens (tertiary/aromatic N) is 3. The molecule has 0 radical (unpaired) electrons. The Balaban J connectivity index is 2.39. The Hall–Kier alpha value is -1.52. The molecule has 0 spiro atoms. The molecule has 0 bridgehead atoms. The molecule has 2 rings (SSSR count). The van der Waals surface area contributed by atoms with Gasteiger partial charge in [0.15, 0.2) is 0 Å². The third-order valence-electron chi connectivity index (χ3n) is 2.62. The van der Waals surface area contributed by atoms with Gasteiger partial charge in [0.05, 0.1) is 0 Å². The van der Waals surface area contributed by atoms with Crippen LogP contribution in [0.5, 0.6) is 0 Å². The zero-order chi connectivity index (χ0) is 11.0. The molecule has 0 amide bonds. The van der Waals surface area contributed by atoms with Gasteiger partial charge in [-0.05, 0) is 18.8 Å². The van der Waals surface area contributed by atoms with Crippen LogP contribution in [-0.2, 0) is 6.54 Å². The van der Waals surface area contributed by atoms with E-state index >= 15 is 0 Å². The van der Waals surface area contributed by atoms with Crippen molar-refractivity contribution in [3.05, 3.63) is 33.1 Å².